The van der Waals surface area contributed by atoms with E-state index in [1.807, 2.05) is 0 Å². The van der Waals surface area contributed by atoms with Gasteiger partial charge in [0.2, 0.25) is 5.91 Å². The molecule has 2 N–H and O–H groups in total. The molecule has 1 saturated heterocycles. The average molecular weight is 182 g/mol. The summed E-state index contributed by atoms with van der Waals surface area (Å²) in [4.78, 5) is 11.5. The topological polar surface area (TPSA) is 41.1 Å². The molecule has 1 heterocycles. The van der Waals surface area contributed by atoms with Crippen LogP contribution in [0.15, 0.2) is 0 Å². The smallest absolute Gasteiger partial charge is 0.220 e. The highest BCUT2D eigenvalue weighted by atomic mass is 16.1. The molecule has 2 rings (SSSR count). The van der Waals surface area contributed by atoms with Gasteiger partial charge in [-0.05, 0) is 31.7 Å². The molecule has 0 bridgehead atoms. The summed E-state index contributed by atoms with van der Waals surface area (Å²) in [5.74, 6) is 0.952. The first-order chi connectivity index (χ1) is 6.34. The van der Waals surface area contributed by atoms with Crippen LogP contribution in [-0.2, 0) is 4.79 Å². The Morgan fingerprint density at radius 1 is 1.38 bits per heavy atom. The van der Waals surface area contributed by atoms with E-state index in [9.17, 15) is 4.79 Å². The molecule has 3 nitrogen and oxygen atoms in total. The number of amides is 1. The first-order valence-electron chi connectivity index (χ1n) is 5.34. The van der Waals surface area contributed by atoms with E-state index >= 15 is 0 Å². The van der Waals surface area contributed by atoms with E-state index in [1.54, 1.807) is 0 Å². The van der Waals surface area contributed by atoms with E-state index in [2.05, 4.69) is 10.6 Å². The third kappa shape index (κ3) is 2.44. The Morgan fingerprint density at radius 2 is 2.23 bits per heavy atom. The zero-order valence-electron chi connectivity index (χ0n) is 8.01. The first-order valence-corrected chi connectivity index (χ1v) is 5.34. The number of hydrogen-bond acceptors (Lipinski definition) is 2. The van der Waals surface area contributed by atoms with Gasteiger partial charge in [0.05, 0.1) is 0 Å². The molecule has 0 aromatic rings. The molecule has 2 fully saturated rings. The molecule has 1 aliphatic carbocycles. The maximum absolute atomic E-state index is 11.5. The lowest BCUT2D eigenvalue weighted by atomic mass is 9.83. The molecule has 74 valence electrons. The van der Waals surface area contributed by atoms with Crippen molar-refractivity contribution in [1.82, 2.24) is 10.6 Å². The zero-order chi connectivity index (χ0) is 9.10. The number of carbonyl (C=O) groups excluding carboxylic acids is 1. The van der Waals surface area contributed by atoms with Crippen molar-refractivity contribution >= 4 is 5.91 Å². The monoisotopic (exact) mass is 182 g/mol. The van der Waals surface area contributed by atoms with E-state index in [0.717, 1.165) is 25.9 Å². The van der Waals surface area contributed by atoms with Crippen LogP contribution in [0.4, 0.5) is 0 Å². The predicted octanol–water partition coefficient (Wildman–Crippen LogP) is 0.655. The summed E-state index contributed by atoms with van der Waals surface area (Å²) in [5.41, 5.74) is 0. The molecular formula is C10H18N2O. The Labute approximate surface area is 79.3 Å². The van der Waals surface area contributed by atoms with Crippen LogP contribution in [0.25, 0.3) is 0 Å². The van der Waals surface area contributed by atoms with Gasteiger partial charge in [-0.15, -0.1) is 0 Å². The highest BCUT2D eigenvalue weighted by molar-refractivity contribution is 5.76. The molecule has 0 aromatic heterocycles. The van der Waals surface area contributed by atoms with Gasteiger partial charge in [0, 0.05) is 19.0 Å². The van der Waals surface area contributed by atoms with Gasteiger partial charge in [-0.25, -0.2) is 0 Å². The largest absolute Gasteiger partial charge is 0.352 e. The third-order valence-electron chi connectivity index (χ3n) is 3.12. The second kappa shape index (κ2) is 4.09. The minimum atomic E-state index is 0.262. The summed E-state index contributed by atoms with van der Waals surface area (Å²) in [6.45, 7) is 2.00. The first kappa shape index (κ1) is 9.00. The zero-order valence-corrected chi connectivity index (χ0v) is 8.01. The maximum atomic E-state index is 11.5. The SMILES string of the molecule is O=C(CC1CCC1)NC1CCNC1. The third-order valence-corrected chi connectivity index (χ3v) is 3.12. The fourth-order valence-electron chi connectivity index (χ4n) is 2.02. The number of nitrogens with one attached hydrogen (secondary N) is 2. The van der Waals surface area contributed by atoms with Crippen LogP contribution in [0.1, 0.15) is 32.1 Å². The van der Waals surface area contributed by atoms with Gasteiger partial charge in [0.25, 0.3) is 0 Å². The molecular weight excluding hydrogens is 164 g/mol. The fraction of sp³-hybridized carbons (Fsp3) is 0.900. The van der Waals surface area contributed by atoms with Crippen LogP contribution >= 0.6 is 0 Å². The second-order valence-electron chi connectivity index (χ2n) is 4.26. The van der Waals surface area contributed by atoms with Crippen molar-refractivity contribution in [3.8, 4) is 0 Å². The van der Waals surface area contributed by atoms with Crippen LogP contribution in [0.3, 0.4) is 0 Å². The van der Waals surface area contributed by atoms with Crippen molar-refractivity contribution in [2.45, 2.75) is 38.1 Å². The van der Waals surface area contributed by atoms with Crippen molar-refractivity contribution < 1.29 is 4.79 Å². The highest BCUT2D eigenvalue weighted by Gasteiger charge is 2.22. The van der Waals surface area contributed by atoms with Crippen LogP contribution in [-0.4, -0.2) is 25.0 Å². The van der Waals surface area contributed by atoms with Gasteiger partial charge in [-0.1, -0.05) is 6.42 Å². The van der Waals surface area contributed by atoms with Gasteiger partial charge < -0.3 is 10.6 Å². The number of carbonyl (C=O) groups is 1. The molecule has 1 atom stereocenters. The standard InChI is InChI=1S/C10H18N2O/c13-10(6-8-2-1-3-8)12-9-4-5-11-7-9/h8-9,11H,1-7H2,(H,12,13). The van der Waals surface area contributed by atoms with E-state index in [4.69, 9.17) is 0 Å². The normalized spacial score (nSPS) is 28.5. The lowest BCUT2D eigenvalue weighted by Gasteiger charge is -2.25. The van der Waals surface area contributed by atoms with Crippen molar-refractivity contribution in [2.75, 3.05) is 13.1 Å². The fourth-order valence-corrected chi connectivity index (χ4v) is 2.02. The molecule has 1 aliphatic heterocycles. The van der Waals surface area contributed by atoms with Crippen molar-refractivity contribution in [1.29, 1.82) is 0 Å². The molecule has 13 heavy (non-hydrogen) atoms. The second-order valence-corrected chi connectivity index (χ2v) is 4.26. The Bertz CT molecular complexity index is 183. The molecule has 1 amide bonds. The predicted molar refractivity (Wildman–Crippen MR) is 51.4 cm³/mol. The summed E-state index contributed by atoms with van der Waals surface area (Å²) in [7, 11) is 0. The van der Waals surface area contributed by atoms with E-state index < -0.39 is 0 Å². The van der Waals surface area contributed by atoms with Gasteiger partial charge in [0.1, 0.15) is 0 Å². The highest BCUT2D eigenvalue weighted by Crippen LogP contribution is 2.29. The van der Waals surface area contributed by atoms with Gasteiger partial charge in [0.15, 0.2) is 0 Å². The van der Waals surface area contributed by atoms with Crippen molar-refractivity contribution in [3.05, 3.63) is 0 Å². The molecule has 3 heteroatoms. The van der Waals surface area contributed by atoms with Crippen molar-refractivity contribution in [3.63, 3.8) is 0 Å². The lowest BCUT2D eigenvalue weighted by molar-refractivity contribution is -0.123. The van der Waals surface area contributed by atoms with Gasteiger partial charge in [-0.2, -0.15) is 0 Å². The summed E-state index contributed by atoms with van der Waals surface area (Å²) in [6.07, 6.45) is 5.70. The van der Waals surface area contributed by atoms with Crippen LogP contribution < -0.4 is 10.6 Å². The summed E-state index contributed by atoms with van der Waals surface area (Å²) in [6, 6.07) is 0.396. The van der Waals surface area contributed by atoms with Gasteiger partial charge in [-0.3, -0.25) is 4.79 Å². The van der Waals surface area contributed by atoms with Crippen LogP contribution in [0, 0.1) is 5.92 Å². The Balaban J connectivity index is 1.64. The Morgan fingerprint density at radius 3 is 2.77 bits per heavy atom. The van der Waals surface area contributed by atoms with Crippen LogP contribution in [0.5, 0.6) is 0 Å². The number of hydrogen-bond donors (Lipinski definition) is 2. The molecule has 2 aliphatic rings. The lowest BCUT2D eigenvalue weighted by Crippen LogP contribution is -2.37. The average Bonchev–Trinajstić information content (AvgIpc) is 2.49. The molecule has 1 saturated carbocycles. The van der Waals surface area contributed by atoms with E-state index in [1.165, 1.54) is 19.3 Å². The Hall–Kier alpha value is -0.570. The molecule has 0 radical (unpaired) electrons. The summed E-state index contributed by atoms with van der Waals surface area (Å²) < 4.78 is 0. The van der Waals surface area contributed by atoms with Gasteiger partial charge >= 0.3 is 0 Å². The van der Waals surface area contributed by atoms with Crippen molar-refractivity contribution in [2.24, 2.45) is 5.92 Å². The number of rotatable bonds is 3. The molecule has 0 aromatic carbocycles. The van der Waals surface area contributed by atoms with E-state index in [-0.39, 0.29) is 5.91 Å². The molecule has 0 spiro atoms. The van der Waals surface area contributed by atoms with Crippen LogP contribution in [0.2, 0.25) is 0 Å². The minimum absolute atomic E-state index is 0.262. The quantitative estimate of drug-likeness (QED) is 0.673. The Kier molecular flexibility index (Phi) is 2.83. The molecule has 1 unspecified atom stereocenters. The summed E-state index contributed by atoms with van der Waals surface area (Å²) in [5, 5.41) is 6.32. The minimum Gasteiger partial charge on any atom is -0.352 e. The maximum Gasteiger partial charge on any atom is 0.220 e. The summed E-state index contributed by atoms with van der Waals surface area (Å²) >= 11 is 0. The van der Waals surface area contributed by atoms with E-state index in [0.29, 0.717) is 12.0 Å².